The van der Waals surface area contributed by atoms with E-state index in [4.69, 9.17) is 17.3 Å². The molecule has 0 aliphatic carbocycles. The maximum Gasteiger partial charge on any atom is 0.131 e. The van der Waals surface area contributed by atoms with Crippen LogP contribution < -0.4 is 11.1 Å². The smallest absolute Gasteiger partial charge is 0.131 e. The Morgan fingerprint density at radius 2 is 2.17 bits per heavy atom. The van der Waals surface area contributed by atoms with E-state index >= 15 is 0 Å². The molecule has 3 N–H and O–H groups in total. The molecular weight excluding hydrogens is 475 g/mol. The monoisotopic (exact) mass is 488 g/mol. The van der Waals surface area contributed by atoms with Crippen molar-refractivity contribution >= 4 is 90.9 Å². The Hall–Kier alpha value is -0.150. The predicted molar refractivity (Wildman–Crippen MR) is 114 cm³/mol. The highest BCUT2D eigenvalue weighted by atomic mass is 79.9. The van der Waals surface area contributed by atoms with Crippen molar-refractivity contribution in [2.24, 2.45) is 5.73 Å². The maximum absolute atomic E-state index is 6.17. The summed E-state index contributed by atoms with van der Waals surface area (Å²) >= 11 is 13.1. The molecule has 0 aliphatic rings. The SMILES string of the molecule is C[C@H](N)Cc1sc2c(NCc3nccs3)cc(Cl)nc2c1Br.Cl.Cl. The van der Waals surface area contributed by atoms with Gasteiger partial charge in [0.1, 0.15) is 10.2 Å². The lowest BCUT2D eigenvalue weighted by Gasteiger charge is -2.06. The average Bonchev–Trinajstić information content (AvgIpc) is 3.07. The van der Waals surface area contributed by atoms with Gasteiger partial charge < -0.3 is 11.1 Å². The third-order valence-corrected chi connectivity index (χ3v) is 6.37. The number of halogens is 4. The number of nitrogens with two attached hydrogens (primary N) is 1. The average molecular weight is 491 g/mol. The summed E-state index contributed by atoms with van der Waals surface area (Å²) in [6, 6.07) is 1.96. The van der Waals surface area contributed by atoms with Gasteiger partial charge in [-0.15, -0.1) is 47.5 Å². The molecule has 3 rings (SSSR count). The van der Waals surface area contributed by atoms with Gasteiger partial charge in [-0.1, -0.05) is 11.6 Å². The first-order chi connectivity index (χ1) is 10.5. The Labute approximate surface area is 174 Å². The van der Waals surface area contributed by atoms with E-state index in [0.717, 1.165) is 31.8 Å². The Morgan fingerprint density at radius 1 is 1.42 bits per heavy atom. The number of hydrogen-bond donors (Lipinski definition) is 2. The Morgan fingerprint density at radius 3 is 2.79 bits per heavy atom. The minimum atomic E-state index is 0. The molecule has 10 heteroatoms. The summed E-state index contributed by atoms with van der Waals surface area (Å²) in [4.78, 5) is 9.92. The molecule has 0 radical (unpaired) electrons. The van der Waals surface area contributed by atoms with E-state index in [9.17, 15) is 0 Å². The molecule has 132 valence electrons. The first kappa shape index (κ1) is 21.9. The van der Waals surface area contributed by atoms with Crippen LogP contribution in [0.5, 0.6) is 0 Å². The minimum absolute atomic E-state index is 0. The molecule has 1 atom stereocenters. The van der Waals surface area contributed by atoms with Gasteiger partial charge in [-0.3, -0.25) is 0 Å². The van der Waals surface area contributed by atoms with E-state index in [2.05, 4.69) is 31.2 Å². The molecule has 0 aliphatic heterocycles. The number of thiophene rings is 1. The number of fused-ring (bicyclic) bond motifs is 1. The van der Waals surface area contributed by atoms with Crippen LogP contribution >= 0.6 is 75.0 Å². The summed E-state index contributed by atoms with van der Waals surface area (Å²) in [5, 5.41) is 6.88. The molecule has 3 heterocycles. The zero-order valence-corrected chi connectivity index (χ0v) is 18.2. The third kappa shape index (κ3) is 4.94. The second-order valence-corrected chi connectivity index (χ2v) is 8.23. The topological polar surface area (TPSA) is 63.8 Å². The number of pyridine rings is 1. The molecule has 0 amide bonds. The van der Waals surface area contributed by atoms with Crippen LogP contribution in [0.1, 0.15) is 16.8 Å². The first-order valence-electron chi connectivity index (χ1n) is 6.70. The quantitative estimate of drug-likeness (QED) is 0.463. The van der Waals surface area contributed by atoms with E-state index < -0.39 is 0 Å². The normalized spacial score (nSPS) is 11.7. The molecule has 0 saturated carbocycles. The molecule has 3 aromatic rings. The fraction of sp³-hybridized carbons (Fsp3) is 0.286. The largest absolute Gasteiger partial charge is 0.377 e. The highest BCUT2D eigenvalue weighted by Crippen LogP contribution is 2.40. The second kappa shape index (κ2) is 9.52. The van der Waals surface area contributed by atoms with Crippen LogP contribution in [0.3, 0.4) is 0 Å². The van der Waals surface area contributed by atoms with Crippen LogP contribution in [0.15, 0.2) is 22.1 Å². The molecule has 0 spiro atoms. The van der Waals surface area contributed by atoms with Crippen molar-refractivity contribution in [3.63, 3.8) is 0 Å². The molecule has 0 aromatic carbocycles. The van der Waals surface area contributed by atoms with Crippen LogP contribution in [0.4, 0.5) is 5.69 Å². The number of nitrogens with zero attached hydrogens (tertiary/aromatic N) is 2. The molecule has 24 heavy (non-hydrogen) atoms. The van der Waals surface area contributed by atoms with E-state index in [0.29, 0.717) is 11.7 Å². The zero-order chi connectivity index (χ0) is 15.7. The number of aromatic nitrogens is 2. The van der Waals surface area contributed by atoms with Gasteiger partial charge in [0, 0.05) is 28.6 Å². The molecule has 4 nitrogen and oxygen atoms in total. The van der Waals surface area contributed by atoms with E-state index in [1.807, 2.05) is 18.4 Å². The number of thiazole rings is 1. The predicted octanol–water partition coefficient (Wildman–Crippen LogP) is 5.51. The summed E-state index contributed by atoms with van der Waals surface area (Å²) in [6.07, 6.45) is 2.62. The molecular formula is C14H16BrCl3N4S2. The zero-order valence-electron chi connectivity index (χ0n) is 12.6. The van der Waals surface area contributed by atoms with Crippen molar-refractivity contribution in [1.29, 1.82) is 0 Å². The lowest BCUT2D eigenvalue weighted by atomic mass is 10.2. The van der Waals surface area contributed by atoms with Crippen molar-refractivity contribution in [1.82, 2.24) is 9.97 Å². The van der Waals surface area contributed by atoms with Crippen LogP contribution in [-0.4, -0.2) is 16.0 Å². The van der Waals surface area contributed by atoms with Crippen molar-refractivity contribution in [3.05, 3.63) is 37.2 Å². The van der Waals surface area contributed by atoms with Gasteiger partial charge in [0.2, 0.25) is 0 Å². The third-order valence-electron chi connectivity index (χ3n) is 3.04. The second-order valence-electron chi connectivity index (χ2n) is 4.97. The fourth-order valence-corrected chi connectivity index (χ4v) is 4.96. The summed E-state index contributed by atoms with van der Waals surface area (Å²) in [5.74, 6) is 0. The molecule has 0 unspecified atom stereocenters. The lowest BCUT2D eigenvalue weighted by molar-refractivity contribution is 0.745. The van der Waals surface area contributed by atoms with Gasteiger partial charge in [-0.25, -0.2) is 9.97 Å². The van der Waals surface area contributed by atoms with Gasteiger partial charge >= 0.3 is 0 Å². The highest BCUT2D eigenvalue weighted by Gasteiger charge is 2.16. The Kier molecular flexibility index (Phi) is 8.68. The fourth-order valence-electron chi connectivity index (χ4n) is 2.12. The Balaban J connectivity index is 0.00000144. The van der Waals surface area contributed by atoms with Gasteiger partial charge in [-0.05, 0) is 29.3 Å². The summed E-state index contributed by atoms with van der Waals surface area (Å²) in [6.45, 7) is 2.67. The summed E-state index contributed by atoms with van der Waals surface area (Å²) in [5.41, 5.74) is 7.79. The van der Waals surface area contributed by atoms with E-state index in [1.165, 1.54) is 4.88 Å². The summed E-state index contributed by atoms with van der Waals surface area (Å²) in [7, 11) is 0. The van der Waals surface area contributed by atoms with Crippen LogP contribution in [0.25, 0.3) is 10.2 Å². The number of hydrogen-bond acceptors (Lipinski definition) is 6. The maximum atomic E-state index is 6.17. The Bertz CT molecular complexity index is 793. The minimum Gasteiger partial charge on any atom is -0.377 e. The number of nitrogens with one attached hydrogen (secondary N) is 1. The van der Waals surface area contributed by atoms with Crippen molar-refractivity contribution in [3.8, 4) is 0 Å². The van der Waals surface area contributed by atoms with Crippen molar-refractivity contribution in [2.45, 2.75) is 25.9 Å². The highest BCUT2D eigenvalue weighted by molar-refractivity contribution is 9.10. The summed E-state index contributed by atoms with van der Waals surface area (Å²) < 4.78 is 2.08. The van der Waals surface area contributed by atoms with Gasteiger partial charge in [0.15, 0.2) is 0 Å². The van der Waals surface area contributed by atoms with Crippen LogP contribution in [0.2, 0.25) is 5.15 Å². The molecule has 0 bridgehead atoms. The molecule has 0 saturated heterocycles. The van der Waals surface area contributed by atoms with Crippen molar-refractivity contribution < 1.29 is 0 Å². The standard InChI is InChI=1S/C14H14BrClN4S2.2ClH/c1-7(17)4-9-12(15)13-14(22-9)8(5-10(16)20-13)19-6-11-18-2-3-21-11;;/h2-3,5,7H,4,6,17H2,1H3,(H,19,20);2*1H/t7-;;/m0../s1. The lowest BCUT2D eigenvalue weighted by Crippen LogP contribution is -2.17. The van der Waals surface area contributed by atoms with E-state index in [1.54, 1.807) is 28.9 Å². The van der Waals surface area contributed by atoms with Gasteiger partial charge in [0.05, 0.1) is 26.9 Å². The van der Waals surface area contributed by atoms with Crippen molar-refractivity contribution in [2.75, 3.05) is 5.32 Å². The molecule has 3 aromatic heterocycles. The number of anilines is 1. The van der Waals surface area contributed by atoms with Gasteiger partial charge in [-0.2, -0.15) is 0 Å². The van der Waals surface area contributed by atoms with Crippen LogP contribution in [-0.2, 0) is 13.0 Å². The molecule has 0 fully saturated rings. The van der Waals surface area contributed by atoms with E-state index in [-0.39, 0.29) is 30.9 Å². The van der Waals surface area contributed by atoms with Crippen LogP contribution in [0, 0.1) is 0 Å². The van der Waals surface area contributed by atoms with Gasteiger partial charge in [0.25, 0.3) is 0 Å². The first-order valence-corrected chi connectivity index (χ1v) is 9.56. The number of rotatable bonds is 5.